The van der Waals surface area contributed by atoms with Gasteiger partial charge >= 0.3 is 0 Å². The first-order chi connectivity index (χ1) is 22.4. The highest BCUT2D eigenvalue weighted by molar-refractivity contribution is 14.1. The average Bonchev–Trinajstić information content (AvgIpc) is 3.06. The lowest BCUT2D eigenvalue weighted by Gasteiger charge is -2.24. The quantitative estimate of drug-likeness (QED) is 0.0878. The first-order valence-corrected chi connectivity index (χ1v) is 19.7. The number of hydrogen-bond acceptors (Lipinski definition) is 4. The van der Waals surface area contributed by atoms with Gasteiger partial charge in [0, 0.05) is 24.2 Å². The molecule has 4 aromatic rings. The van der Waals surface area contributed by atoms with Gasteiger partial charge in [0.2, 0.25) is 0 Å². The molecule has 4 rings (SSSR count). The van der Waals surface area contributed by atoms with Crippen molar-refractivity contribution in [3.63, 3.8) is 0 Å². The molecule has 0 aliphatic rings. The van der Waals surface area contributed by atoms with Crippen LogP contribution in [0.15, 0.2) is 48.5 Å². The molecule has 0 bridgehead atoms. The molecule has 0 fully saturated rings. The summed E-state index contributed by atoms with van der Waals surface area (Å²) in [7, 11) is 0. The predicted molar refractivity (Wildman–Crippen MR) is 216 cm³/mol. The summed E-state index contributed by atoms with van der Waals surface area (Å²) >= 11 is 5.00. The van der Waals surface area contributed by atoms with E-state index in [1.54, 1.807) is 0 Å². The van der Waals surface area contributed by atoms with Crippen molar-refractivity contribution in [3.05, 3.63) is 66.8 Å². The van der Waals surface area contributed by atoms with Crippen molar-refractivity contribution in [2.75, 3.05) is 52.5 Å². The van der Waals surface area contributed by atoms with Gasteiger partial charge in [-0.3, -0.25) is 0 Å². The van der Waals surface area contributed by atoms with E-state index in [1.807, 2.05) is 0 Å². The van der Waals surface area contributed by atoms with Gasteiger partial charge in [0.25, 0.3) is 0 Å². The molecule has 0 aromatic heterocycles. The van der Waals surface area contributed by atoms with Crippen LogP contribution >= 0.6 is 45.2 Å². The van der Waals surface area contributed by atoms with Gasteiger partial charge in [0.1, 0.15) is 24.7 Å². The standard InChI is InChI=1S/C40H54I2N2O2/c1-7-13-15-29-17-19-33-31(25-29)27-35(41)39(45-23-21-43(9-3)10-4)37(33)38-34-20-18-30(16-14-8-2)26-32(34)28-36(42)40(38)46-24-22-44(11-5)12-6/h17-20,25-28H,7-16,21-24H2,1-6H3. The number of halogens is 2. The SMILES string of the molecule is CCCCc1ccc2c(-c3c(OCCN(CC)CC)c(I)cc4cc(CCCC)ccc34)c(OCCN(CC)CC)c(I)cc2c1. The van der Waals surface area contributed by atoms with Crippen molar-refractivity contribution >= 4 is 66.7 Å². The number of aryl methyl sites for hydroxylation is 2. The number of ether oxygens (including phenoxy) is 2. The van der Waals surface area contributed by atoms with Crippen molar-refractivity contribution in [2.24, 2.45) is 0 Å². The predicted octanol–water partition coefficient (Wildman–Crippen LogP) is 11.0. The summed E-state index contributed by atoms with van der Waals surface area (Å²) in [6, 6.07) is 18.8. The number of hydrogen-bond donors (Lipinski definition) is 0. The fraction of sp³-hybridized carbons (Fsp3) is 0.500. The van der Waals surface area contributed by atoms with E-state index in [0.29, 0.717) is 13.2 Å². The second kappa shape index (κ2) is 18.8. The van der Waals surface area contributed by atoms with E-state index < -0.39 is 0 Å². The van der Waals surface area contributed by atoms with Crippen LogP contribution in [-0.4, -0.2) is 62.3 Å². The summed E-state index contributed by atoms with van der Waals surface area (Å²) < 4.78 is 16.0. The first-order valence-electron chi connectivity index (χ1n) is 17.6. The first kappa shape index (κ1) is 37.2. The van der Waals surface area contributed by atoms with E-state index >= 15 is 0 Å². The van der Waals surface area contributed by atoms with Gasteiger partial charge in [-0.05, 0) is 142 Å². The van der Waals surface area contributed by atoms with Gasteiger partial charge in [0.15, 0.2) is 0 Å². The third-order valence-electron chi connectivity index (χ3n) is 9.21. The van der Waals surface area contributed by atoms with E-state index in [0.717, 1.165) is 81.9 Å². The lowest BCUT2D eigenvalue weighted by atomic mass is 9.90. The van der Waals surface area contributed by atoms with Crippen molar-refractivity contribution in [1.82, 2.24) is 9.80 Å². The van der Waals surface area contributed by atoms with Crippen LogP contribution in [0.2, 0.25) is 0 Å². The highest BCUT2D eigenvalue weighted by atomic mass is 127. The molecule has 4 nitrogen and oxygen atoms in total. The van der Waals surface area contributed by atoms with E-state index in [9.17, 15) is 0 Å². The Hall–Kier alpha value is -1.62. The molecule has 0 atom stereocenters. The fourth-order valence-electron chi connectivity index (χ4n) is 6.29. The Bertz CT molecular complexity index is 1450. The topological polar surface area (TPSA) is 24.9 Å². The fourth-order valence-corrected chi connectivity index (χ4v) is 7.81. The zero-order valence-corrected chi connectivity index (χ0v) is 33.3. The van der Waals surface area contributed by atoms with Crippen LogP contribution in [0.1, 0.15) is 78.4 Å². The van der Waals surface area contributed by atoms with Gasteiger partial charge in [-0.1, -0.05) is 90.8 Å². The highest BCUT2D eigenvalue weighted by Gasteiger charge is 2.24. The molecule has 46 heavy (non-hydrogen) atoms. The van der Waals surface area contributed by atoms with Gasteiger partial charge in [-0.25, -0.2) is 0 Å². The molecule has 0 amide bonds. The molecule has 0 saturated heterocycles. The van der Waals surface area contributed by atoms with Gasteiger partial charge in [-0.15, -0.1) is 0 Å². The van der Waals surface area contributed by atoms with Crippen LogP contribution in [-0.2, 0) is 12.8 Å². The number of fused-ring (bicyclic) bond motifs is 2. The molecule has 0 aliphatic heterocycles. The molecule has 0 radical (unpaired) electrons. The number of likely N-dealkylation sites (N-methyl/N-ethyl adjacent to an activating group) is 2. The van der Waals surface area contributed by atoms with Crippen LogP contribution in [0.25, 0.3) is 32.7 Å². The molecule has 0 unspecified atom stereocenters. The zero-order valence-electron chi connectivity index (χ0n) is 29.0. The molecule has 0 heterocycles. The van der Waals surface area contributed by atoms with E-state index in [-0.39, 0.29) is 0 Å². The third kappa shape index (κ3) is 9.29. The minimum atomic E-state index is 0.645. The van der Waals surface area contributed by atoms with Crippen molar-refractivity contribution < 1.29 is 9.47 Å². The maximum Gasteiger partial charge on any atom is 0.141 e. The van der Waals surface area contributed by atoms with Crippen LogP contribution in [0, 0.1) is 7.14 Å². The summed E-state index contributed by atoms with van der Waals surface area (Å²) in [5.74, 6) is 1.93. The lowest BCUT2D eigenvalue weighted by Crippen LogP contribution is -2.28. The minimum Gasteiger partial charge on any atom is -0.490 e. The molecule has 0 spiro atoms. The van der Waals surface area contributed by atoms with Crippen LogP contribution in [0.5, 0.6) is 11.5 Å². The molecule has 0 N–H and O–H groups in total. The second-order valence-corrected chi connectivity index (χ2v) is 14.5. The van der Waals surface area contributed by atoms with Crippen molar-refractivity contribution in [2.45, 2.75) is 80.1 Å². The molecule has 6 heteroatoms. The Balaban J connectivity index is 1.98. The van der Waals surface area contributed by atoms with Crippen LogP contribution in [0.3, 0.4) is 0 Å². The Kier molecular flexibility index (Phi) is 15.2. The monoisotopic (exact) mass is 848 g/mol. The molecular weight excluding hydrogens is 794 g/mol. The van der Waals surface area contributed by atoms with Gasteiger partial charge in [0.05, 0.1) is 7.14 Å². The summed E-state index contributed by atoms with van der Waals surface area (Å²) in [5.41, 5.74) is 5.11. The molecule has 4 aromatic carbocycles. The van der Waals surface area contributed by atoms with E-state index in [1.165, 1.54) is 58.4 Å². The Morgan fingerprint density at radius 2 is 0.935 bits per heavy atom. The Morgan fingerprint density at radius 1 is 0.543 bits per heavy atom. The summed E-state index contributed by atoms with van der Waals surface area (Å²) in [6.45, 7) is 20.6. The number of nitrogens with zero attached hydrogens (tertiary/aromatic N) is 2. The van der Waals surface area contributed by atoms with E-state index in [4.69, 9.17) is 9.47 Å². The lowest BCUT2D eigenvalue weighted by molar-refractivity contribution is 0.221. The van der Waals surface area contributed by atoms with Crippen molar-refractivity contribution in [3.8, 4) is 22.6 Å². The van der Waals surface area contributed by atoms with Gasteiger partial charge in [-0.2, -0.15) is 0 Å². The Labute approximate surface area is 305 Å². The summed E-state index contributed by atoms with van der Waals surface area (Å²) in [4.78, 5) is 4.85. The number of benzene rings is 4. The number of rotatable bonds is 19. The smallest absolute Gasteiger partial charge is 0.141 e. The maximum atomic E-state index is 6.84. The molecule has 0 saturated carbocycles. The molecule has 0 aliphatic carbocycles. The normalized spacial score (nSPS) is 11.8. The largest absolute Gasteiger partial charge is 0.490 e. The molecular formula is C40H54I2N2O2. The average molecular weight is 849 g/mol. The summed E-state index contributed by atoms with van der Waals surface area (Å²) in [6.07, 6.45) is 7.01. The van der Waals surface area contributed by atoms with Gasteiger partial charge < -0.3 is 19.3 Å². The van der Waals surface area contributed by atoms with E-state index in [2.05, 4.69) is 145 Å². The zero-order chi connectivity index (χ0) is 33.1. The Morgan fingerprint density at radius 3 is 1.28 bits per heavy atom. The van der Waals surface area contributed by atoms with Crippen molar-refractivity contribution in [1.29, 1.82) is 0 Å². The van der Waals surface area contributed by atoms with Crippen LogP contribution in [0.4, 0.5) is 0 Å². The highest BCUT2D eigenvalue weighted by Crippen LogP contribution is 2.49. The minimum absolute atomic E-state index is 0.645. The maximum absolute atomic E-state index is 6.84. The number of unbranched alkanes of at least 4 members (excludes halogenated alkanes) is 2. The third-order valence-corrected chi connectivity index (χ3v) is 10.8. The molecule has 250 valence electrons. The second-order valence-electron chi connectivity index (χ2n) is 12.2. The van der Waals surface area contributed by atoms with Crippen LogP contribution < -0.4 is 9.47 Å². The summed E-state index contributed by atoms with van der Waals surface area (Å²) in [5, 5.41) is 4.99.